The van der Waals surface area contributed by atoms with Crippen molar-refractivity contribution in [2.45, 2.75) is 18.7 Å². The van der Waals surface area contributed by atoms with E-state index in [1.165, 1.54) is 7.05 Å². The first-order chi connectivity index (χ1) is 13.7. The Hall–Kier alpha value is -2.64. The van der Waals surface area contributed by atoms with Crippen molar-refractivity contribution in [3.05, 3.63) is 87.9 Å². The first kappa shape index (κ1) is 21.1. The minimum atomic E-state index is -3.80. The molecule has 29 heavy (non-hydrogen) atoms. The molecule has 1 N–H and O–H groups in total. The van der Waals surface area contributed by atoms with Gasteiger partial charge in [0.25, 0.3) is 15.9 Å². The lowest BCUT2D eigenvalue weighted by atomic mass is 10.1. The maximum absolute atomic E-state index is 13.0. The van der Waals surface area contributed by atoms with Crippen LogP contribution < -0.4 is 9.62 Å². The van der Waals surface area contributed by atoms with Crippen LogP contribution in [0, 0.1) is 13.8 Å². The van der Waals surface area contributed by atoms with Crippen LogP contribution in [0.3, 0.4) is 0 Å². The topological polar surface area (TPSA) is 66.5 Å². The third-order valence-electron chi connectivity index (χ3n) is 4.58. The van der Waals surface area contributed by atoms with E-state index in [4.69, 9.17) is 0 Å². The fourth-order valence-electron chi connectivity index (χ4n) is 2.86. The minimum absolute atomic E-state index is 0.171. The summed E-state index contributed by atoms with van der Waals surface area (Å²) < 4.78 is 28.2. The number of halogens is 1. The standard InChI is InChI=1S/C22H21BrN2O3S/c1-15-8-11-18(12-9-15)29(27,28)25(3)21-7-5-4-6-19(21)22(26)24-17-10-13-20(23)16(2)14-17/h4-14H,1-3H3,(H,24,26). The molecule has 150 valence electrons. The average Bonchev–Trinajstić information content (AvgIpc) is 2.70. The third kappa shape index (κ3) is 4.52. The van der Waals surface area contributed by atoms with Gasteiger partial charge in [0.2, 0.25) is 0 Å². The van der Waals surface area contributed by atoms with E-state index in [1.807, 2.05) is 26.0 Å². The Labute approximate surface area is 179 Å². The van der Waals surface area contributed by atoms with Crippen LogP contribution in [0.1, 0.15) is 21.5 Å². The molecule has 0 spiro atoms. The van der Waals surface area contributed by atoms with Crippen molar-refractivity contribution in [1.29, 1.82) is 0 Å². The predicted octanol–water partition coefficient (Wildman–Crippen LogP) is 5.14. The zero-order chi connectivity index (χ0) is 21.2. The monoisotopic (exact) mass is 472 g/mol. The summed E-state index contributed by atoms with van der Waals surface area (Å²) in [6, 6.07) is 18.7. The molecule has 0 radical (unpaired) electrons. The van der Waals surface area contributed by atoms with Crippen LogP contribution >= 0.6 is 15.9 Å². The molecular weight excluding hydrogens is 452 g/mol. The van der Waals surface area contributed by atoms with Gasteiger partial charge in [0.1, 0.15) is 0 Å². The number of para-hydroxylation sites is 1. The Morgan fingerprint density at radius 1 is 0.966 bits per heavy atom. The molecule has 0 aliphatic heterocycles. The quantitative estimate of drug-likeness (QED) is 0.558. The number of anilines is 2. The van der Waals surface area contributed by atoms with Crippen LogP contribution in [-0.4, -0.2) is 21.4 Å². The molecule has 5 nitrogen and oxygen atoms in total. The number of carbonyl (C=O) groups is 1. The zero-order valence-corrected chi connectivity index (χ0v) is 18.7. The molecule has 3 aromatic rings. The number of rotatable bonds is 5. The molecule has 0 fully saturated rings. The second-order valence-corrected chi connectivity index (χ2v) is 9.54. The van der Waals surface area contributed by atoms with E-state index in [0.29, 0.717) is 11.4 Å². The van der Waals surface area contributed by atoms with Gasteiger partial charge in [-0.15, -0.1) is 0 Å². The number of amides is 1. The smallest absolute Gasteiger partial charge is 0.264 e. The zero-order valence-electron chi connectivity index (χ0n) is 16.3. The van der Waals surface area contributed by atoms with Gasteiger partial charge < -0.3 is 5.32 Å². The lowest BCUT2D eigenvalue weighted by Crippen LogP contribution is -2.29. The molecule has 0 saturated carbocycles. The fourth-order valence-corrected chi connectivity index (χ4v) is 4.32. The first-order valence-corrected chi connectivity index (χ1v) is 11.2. The molecule has 0 saturated heterocycles. The van der Waals surface area contributed by atoms with Gasteiger partial charge >= 0.3 is 0 Å². The molecule has 3 aromatic carbocycles. The second kappa shape index (κ2) is 8.39. The van der Waals surface area contributed by atoms with Crippen LogP contribution in [0.5, 0.6) is 0 Å². The largest absolute Gasteiger partial charge is 0.322 e. The highest BCUT2D eigenvalue weighted by molar-refractivity contribution is 9.10. The number of nitrogens with zero attached hydrogens (tertiary/aromatic N) is 1. The van der Waals surface area contributed by atoms with Crippen LogP contribution in [0.4, 0.5) is 11.4 Å². The van der Waals surface area contributed by atoms with Crippen molar-refractivity contribution in [2.24, 2.45) is 0 Å². The Bertz CT molecular complexity index is 1160. The molecule has 0 heterocycles. The molecule has 0 aromatic heterocycles. The maximum Gasteiger partial charge on any atom is 0.264 e. The molecule has 0 bridgehead atoms. The van der Waals surface area contributed by atoms with Crippen molar-refractivity contribution in [3.8, 4) is 0 Å². The summed E-state index contributed by atoms with van der Waals surface area (Å²) in [7, 11) is -2.35. The highest BCUT2D eigenvalue weighted by atomic mass is 79.9. The summed E-state index contributed by atoms with van der Waals surface area (Å²) in [6.07, 6.45) is 0. The van der Waals surface area contributed by atoms with Crippen molar-refractivity contribution in [3.63, 3.8) is 0 Å². The summed E-state index contributed by atoms with van der Waals surface area (Å²) in [5, 5.41) is 2.84. The van der Waals surface area contributed by atoms with Gasteiger partial charge in [-0.2, -0.15) is 0 Å². The van der Waals surface area contributed by atoms with E-state index in [9.17, 15) is 13.2 Å². The van der Waals surface area contributed by atoms with Gasteiger partial charge in [0, 0.05) is 17.2 Å². The molecule has 7 heteroatoms. The Kier molecular flexibility index (Phi) is 6.10. The van der Waals surface area contributed by atoms with E-state index < -0.39 is 10.0 Å². The summed E-state index contributed by atoms with van der Waals surface area (Å²) in [5.41, 5.74) is 3.16. The highest BCUT2D eigenvalue weighted by Gasteiger charge is 2.25. The van der Waals surface area contributed by atoms with Crippen molar-refractivity contribution in [1.82, 2.24) is 0 Å². The minimum Gasteiger partial charge on any atom is -0.322 e. The highest BCUT2D eigenvalue weighted by Crippen LogP contribution is 2.27. The van der Waals surface area contributed by atoms with Crippen molar-refractivity contribution < 1.29 is 13.2 Å². The number of carbonyl (C=O) groups excluding carboxylic acids is 1. The number of hydrogen-bond donors (Lipinski definition) is 1. The van der Waals surface area contributed by atoms with Gasteiger partial charge in [0.05, 0.1) is 16.1 Å². The van der Waals surface area contributed by atoms with Gasteiger partial charge in [0.15, 0.2) is 0 Å². The van der Waals surface area contributed by atoms with Gasteiger partial charge in [-0.3, -0.25) is 9.10 Å². The summed E-state index contributed by atoms with van der Waals surface area (Å²) in [5.74, 6) is -0.381. The molecule has 0 atom stereocenters. The normalized spacial score (nSPS) is 11.2. The number of hydrogen-bond acceptors (Lipinski definition) is 3. The average molecular weight is 473 g/mol. The number of sulfonamides is 1. The van der Waals surface area contributed by atoms with Crippen molar-refractivity contribution in [2.75, 3.05) is 16.7 Å². The Balaban J connectivity index is 1.94. The summed E-state index contributed by atoms with van der Waals surface area (Å²) >= 11 is 3.43. The lowest BCUT2D eigenvalue weighted by Gasteiger charge is -2.22. The molecular formula is C22H21BrN2O3S. The number of aryl methyl sites for hydroxylation is 2. The fraction of sp³-hybridized carbons (Fsp3) is 0.136. The Morgan fingerprint density at radius 2 is 1.62 bits per heavy atom. The summed E-state index contributed by atoms with van der Waals surface area (Å²) in [4.78, 5) is 13.1. The molecule has 0 unspecified atom stereocenters. The van der Waals surface area contributed by atoms with Gasteiger partial charge in [-0.05, 0) is 61.9 Å². The third-order valence-corrected chi connectivity index (χ3v) is 7.26. The van der Waals surface area contributed by atoms with Crippen molar-refractivity contribution >= 4 is 43.2 Å². The van der Waals surface area contributed by atoms with Gasteiger partial charge in [-0.25, -0.2) is 8.42 Å². The maximum atomic E-state index is 13.0. The van der Waals surface area contributed by atoms with Gasteiger partial charge in [-0.1, -0.05) is 45.8 Å². The number of nitrogens with one attached hydrogen (secondary N) is 1. The van der Waals surface area contributed by atoms with E-state index in [0.717, 1.165) is 19.9 Å². The predicted molar refractivity (Wildman–Crippen MR) is 120 cm³/mol. The molecule has 0 aliphatic carbocycles. The molecule has 3 rings (SSSR count). The van der Waals surface area contributed by atoms with E-state index >= 15 is 0 Å². The van der Waals surface area contributed by atoms with Crippen LogP contribution in [0.25, 0.3) is 0 Å². The number of benzene rings is 3. The van der Waals surface area contributed by atoms with Crippen LogP contribution in [0.15, 0.2) is 76.1 Å². The second-order valence-electron chi connectivity index (χ2n) is 6.72. The first-order valence-electron chi connectivity index (χ1n) is 8.92. The lowest BCUT2D eigenvalue weighted by molar-refractivity contribution is 0.102. The molecule has 0 aliphatic rings. The SMILES string of the molecule is Cc1ccc(S(=O)(=O)N(C)c2ccccc2C(=O)Nc2ccc(Br)c(C)c2)cc1. The van der Waals surface area contributed by atoms with E-state index in [1.54, 1.807) is 54.6 Å². The van der Waals surface area contributed by atoms with E-state index in [-0.39, 0.29) is 16.4 Å². The summed E-state index contributed by atoms with van der Waals surface area (Å²) in [6.45, 7) is 3.82. The van der Waals surface area contributed by atoms with E-state index in [2.05, 4.69) is 21.2 Å². The molecule has 1 amide bonds. The Morgan fingerprint density at radius 3 is 2.28 bits per heavy atom. The van der Waals surface area contributed by atoms with Crippen LogP contribution in [0.2, 0.25) is 0 Å². The van der Waals surface area contributed by atoms with Crippen LogP contribution in [-0.2, 0) is 10.0 Å².